The van der Waals surface area contributed by atoms with Crippen molar-refractivity contribution < 1.29 is 61.3 Å². The smallest absolute Gasteiger partial charge is 0.253 e. The first kappa shape index (κ1) is 23.3. The molecule has 2 bridgehead atoms. The Balaban J connectivity index is 2.45. The summed E-state index contributed by atoms with van der Waals surface area (Å²) in [5, 5.41) is -8.41. The summed E-state index contributed by atoms with van der Waals surface area (Å²) in [6.45, 7) is 0. The minimum Gasteiger partial charge on any atom is -0.253 e. The molecule has 1 unspecified atom stereocenters. The summed E-state index contributed by atoms with van der Waals surface area (Å²) in [6, 6.07) is 0. The molecule has 0 saturated heterocycles. The summed E-state index contributed by atoms with van der Waals surface area (Å²) in [6.07, 6.45) is -5.28. The summed E-state index contributed by atoms with van der Waals surface area (Å²) in [5.74, 6) is -32.7. The predicted octanol–water partition coefficient (Wildman–Crippen LogP) is 5.40. The molecule has 4 atom stereocenters. The molecule has 0 aromatic rings. The van der Waals surface area contributed by atoms with E-state index in [-0.39, 0.29) is 6.42 Å². The van der Waals surface area contributed by atoms with Gasteiger partial charge in [-0.25, -0.2) is 0 Å². The van der Waals surface area contributed by atoms with Gasteiger partial charge in [-0.1, -0.05) is 12.2 Å². The van der Waals surface area contributed by atoms with Crippen LogP contribution in [0.3, 0.4) is 0 Å². The van der Waals surface area contributed by atoms with Crippen molar-refractivity contribution in [1.29, 1.82) is 0 Å². The summed E-state index contributed by atoms with van der Waals surface area (Å²) < 4.78 is 181. The summed E-state index contributed by atoms with van der Waals surface area (Å²) in [7, 11) is -4.28. The first-order valence-electron chi connectivity index (χ1n) is 7.28. The maximum Gasteiger partial charge on any atom is 0.460 e. The van der Waals surface area contributed by atoms with Crippen molar-refractivity contribution in [1.82, 2.24) is 0 Å². The molecule has 0 amide bonds. The molecular formula is C13H9F13OS. The number of hydrogen-bond donors (Lipinski definition) is 0. The number of alkyl halides is 13. The lowest BCUT2D eigenvalue weighted by Gasteiger charge is -2.40. The number of halogens is 13. The zero-order valence-corrected chi connectivity index (χ0v) is 13.8. The normalized spacial score (nSPS) is 28.1. The van der Waals surface area contributed by atoms with Crippen LogP contribution in [-0.4, -0.2) is 44.6 Å². The van der Waals surface area contributed by atoms with E-state index >= 15 is 0 Å². The Bertz CT molecular complexity index is 680. The van der Waals surface area contributed by atoms with E-state index in [1.807, 2.05) is 0 Å². The van der Waals surface area contributed by atoms with Crippen molar-refractivity contribution in [2.75, 3.05) is 0 Å². The highest BCUT2D eigenvalue weighted by molar-refractivity contribution is 7.86. The van der Waals surface area contributed by atoms with Crippen LogP contribution in [0.1, 0.15) is 12.8 Å². The van der Waals surface area contributed by atoms with Crippen LogP contribution in [0.15, 0.2) is 12.2 Å². The molecule has 164 valence electrons. The maximum absolute atomic E-state index is 13.9. The third kappa shape index (κ3) is 2.85. The third-order valence-electron chi connectivity index (χ3n) is 4.65. The molecule has 0 aromatic carbocycles. The molecular weight excluding hydrogens is 451 g/mol. The molecule has 0 N–H and O–H groups in total. The van der Waals surface area contributed by atoms with Crippen molar-refractivity contribution in [2.24, 2.45) is 11.8 Å². The van der Waals surface area contributed by atoms with Crippen LogP contribution >= 0.6 is 0 Å². The first-order valence-corrected chi connectivity index (χ1v) is 8.49. The van der Waals surface area contributed by atoms with Gasteiger partial charge in [-0.3, -0.25) is 4.21 Å². The lowest BCUT2D eigenvalue weighted by Crippen LogP contribution is -2.71. The van der Waals surface area contributed by atoms with Gasteiger partial charge in [0.2, 0.25) is 0 Å². The topological polar surface area (TPSA) is 17.1 Å². The van der Waals surface area contributed by atoms with Crippen LogP contribution in [0.5, 0.6) is 0 Å². The van der Waals surface area contributed by atoms with Gasteiger partial charge in [-0.2, -0.15) is 57.1 Å². The quantitative estimate of drug-likeness (QED) is 0.384. The molecule has 0 heterocycles. The monoisotopic (exact) mass is 460 g/mol. The van der Waals surface area contributed by atoms with Crippen LogP contribution in [-0.2, 0) is 10.8 Å². The lowest BCUT2D eigenvalue weighted by atomic mass is 9.98. The highest BCUT2D eigenvalue weighted by Gasteiger charge is 2.91. The Kier molecular flexibility index (Phi) is 5.18. The SMILES string of the molecule is O=S([C@@H]1C[C@@H]2C=C[C@H]1C2)C(F)(F)C(F)(F)C(F)(F)C(F)(F)C(F)(F)C(F)(F)F. The van der Waals surface area contributed by atoms with E-state index in [0.717, 1.165) is 6.08 Å². The standard InChI is InChI=1S/C13H9F13OS/c14-8(15,10(18,19)12(22,23)24)9(16,17)11(20,21)13(25,26)28(27)7-4-5-1-2-6(7)3-5/h1-2,5-7H,3-4H2/t5-,6+,7-,28?/m1/s1. The Morgan fingerprint density at radius 1 is 0.643 bits per heavy atom. The molecule has 15 heteroatoms. The molecule has 0 radical (unpaired) electrons. The Morgan fingerprint density at radius 2 is 1.11 bits per heavy atom. The average Bonchev–Trinajstić information content (AvgIpc) is 3.15. The zero-order chi connectivity index (χ0) is 22.1. The summed E-state index contributed by atoms with van der Waals surface area (Å²) in [5.41, 5.74) is 0. The fourth-order valence-corrected chi connectivity index (χ4v) is 4.75. The second-order valence-electron chi connectivity index (χ2n) is 6.43. The van der Waals surface area contributed by atoms with Crippen LogP contribution in [0, 0.1) is 11.8 Å². The van der Waals surface area contributed by atoms with Crippen molar-refractivity contribution >= 4 is 10.8 Å². The number of allylic oxidation sites excluding steroid dienone is 2. The highest BCUT2D eigenvalue weighted by Crippen LogP contribution is 2.61. The highest BCUT2D eigenvalue weighted by atomic mass is 32.2. The van der Waals surface area contributed by atoms with Gasteiger partial charge in [0.15, 0.2) is 0 Å². The van der Waals surface area contributed by atoms with E-state index in [1.165, 1.54) is 6.08 Å². The van der Waals surface area contributed by atoms with Crippen molar-refractivity contribution in [3.8, 4) is 0 Å². The van der Waals surface area contributed by atoms with E-state index < -0.39 is 69.4 Å². The van der Waals surface area contributed by atoms with Gasteiger partial charge in [0.05, 0.1) is 0 Å². The fraction of sp³-hybridized carbons (Fsp3) is 0.846. The molecule has 0 spiro atoms. The number of rotatable bonds is 6. The largest absolute Gasteiger partial charge is 0.460 e. The van der Waals surface area contributed by atoms with Crippen molar-refractivity contribution in [3.63, 3.8) is 0 Å². The van der Waals surface area contributed by atoms with Crippen molar-refractivity contribution in [3.05, 3.63) is 12.2 Å². The molecule has 0 aliphatic heterocycles. The van der Waals surface area contributed by atoms with Gasteiger partial charge in [0.25, 0.3) is 0 Å². The number of fused-ring (bicyclic) bond motifs is 2. The maximum atomic E-state index is 13.9. The first-order chi connectivity index (χ1) is 12.2. The molecule has 2 aliphatic rings. The van der Waals surface area contributed by atoms with Gasteiger partial charge in [-0.15, -0.1) is 0 Å². The molecule has 1 saturated carbocycles. The minimum absolute atomic E-state index is 0.0384. The Morgan fingerprint density at radius 3 is 1.46 bits per heavy atom. The Hall–Kier alpha value is -1.02. The Labute approximate surface area is 150 Å². The van der Waals surface area contributed by atoms with E-state index in [9.17, 15) is 61.3 Å². The fourth-order valence-electron chi connectivity index (χ4n) is 3.05. The molecule has 28 heavy (non-hydrogen) atoms. The van der Waals surface area contributed by atoms with Crippen LogP contribution in [0.4, 0.5) is 57.1 Å². The van der Waals surface area contributed by atoms with Gasteiger partial charge in [-0.05, 0) is 24.7 Å². The van der Waals surface area contributed by atoms with Gasteiger partial charge in [0, 0.05) is 5.25 Å². The van der Waals surface area contributed by atoms with Crippen LogP contribution in [0.25, 0.3) is 0 Å². The molecule has 2 aliphatic carbocycles. The molecule has 2 rings (SSSR count). The van der Waals surface area contributed by atoms with Gasteiger partial charge < -0.3 is 0 Å². The molecule has 0 aromatic heterocycles. The lowest BCUT2D eigenvalue weighted by molar-refractivity contribution is -0.433. The zero-order valence-electron chi connectivity index (χ0n) is 13.0. The van der Waals surface area contributed by atoms with E-state index in [4.69, 9.17) is 0 Å². The van der Waals surface area contributed by atoms with Crippen LogP contribution < -0.4 is 0 Å². The average molecular weight is 460 g/mol. The second kappa shape index (κ2) is 6.24. The number of hydrogen-bond acceptors (Lipinski definition) is 1. The molecule has 1 fully saturated rings. The van der Waals surface area contributed by atoms with Gasteiger partial charge >= 0.3 is 35.1 Å². The van der Waals surface area contributed by atoms with Crippen LogP contribution in [0.2, 0.25) is 0 Å². The predicted molar refractivity (Wildman–Crippen MR) is 68.1 cm³/mol. The third-order valence-corrected chi connectivity index (χ3v) is 6.50. The van der Waals surface area contributed by atoms with Gasteiger partial charge in [0.1, 0.15) is 10.8 Å². The second-order valence-corrected chi connectivity index (χ2v) is 8.14. The summed E-state index contributed by atoms with van der Waals surface area (Å²) >= 11 is 0. The van der Waals surface area contributed by atoms with E-state index in [1.54, 1.807) is 0 Å². The van der Waals surface area contributed by atoms with Crippen molar-refractivity contribution in [2.45, 2.75) is 53.2 Å². The minimum atomic E-state index is -7.97. The molecule has 1 nitrogen and oxygen atoms in total. The van der Waals surface area contributed by atoms with E-state index in [0.29, 0.717) is 0 Å². The summed E-state index contributed by atoms with van der Waals surface area (Å²) in [4.78, 5) is 0. The van der Waals surface area contributed by atoms with E-state index in [2.05, 4.69) is 0 Å².